The van der Waals surface area contributed by atoms with Gasteiger partial charge in [0.2, 0.25) is 0 Å². The molecule has 1 aromatic heterocycles. The van der Waals surface area contributed by atoms with Crippen molar-refractivity contribution in [3.63, 3.8) is 0 Å². The number of likely N-dealkylation sites (tertiary alicyclic amines) is 1. The molecular formula is C22H31F2N5O. The van der Waals surface area contributed by atoms with E-state index in [1.807, 2.05) is 0 Å². The summed E-state index contributed by atoms with van der Waals surface area (Å²) in [6.45, 7) is 4.42. The highest BCUT2D eigenvalue weighted by Gasteiger charge is 2.33. The first-order chi connectivity index (χ1) is 14.4. The van der Waals surface area contributed by atoms with E-state index in [1.165, 1.54) is 0 Å². The van der Waals surface area contributed by atoms with Crippen LogP contribution < -0.4 is 10.5 Å². The summed E-state index contributed by atoms with van der Waals surface area (Å²) in [6.07, 6.45) is 5.95. The molecule has 30 heavy (non-hydrogen) atoms. The molecule has 6 nitrogen and oxygen atoms in total. The summed E-state index contributed by atoms with van der Waals surface area (Å²) in [5, 5.41) is 9.56. The average molecular weight is 420 g/mol. The lowest BCUT2D eigenvalue weighted by atomic mass is 10.0. The predicted octanol–water partition coefficient (Wildman–Crippen LogP) is 4.36. The highest BCUT2D eigenvalue weighted by molar-refractivity contribution is 5.79. The molecule has 2 aliphatic rings. The second-order valence-corrected chi connectivity index (χ2v) is 8.17. The Bertz CT molecular complexity index is 808. The van der Waals surface area contributed by atoms with Crippen LogP contribution in [0.2, 0.25) is 0 Å². The fourth-order valence-corrected chi connectivity index (χ4v) is 4.00. The van der Waals surface area contributed by atoms with Crippen LogP contribution >= 0.6 is 0 Å². The zero-order valence-corrected chi connectivity index (χ0v) is 17.7. The Morgan fingerprint density at radius 2 is 1.93 bits per heavy atom. The summed E-state index contributed by atoms with van der Waals surface area (Å²) < 4.78 is 32.1. The number of alkyl halides is 2. The lowest BCUT2D eigenvalue weighted by Crippen LogP contribution is -2.39. The number of halogens is 2. The number of aromatic nitrogens is 2. The largest absolute Gasteiger partial charge is 0.463 e. The molecular weight excluding hydrogens is 388 g/mol. The van der Waals surface area contributed by atoms with Gasteiger partial charge in [-0.2, -0.15) is 15.2 Å². The molecule has 2 heterocycles. The molecule has 1 aliphatic heterocycles. The molecule has 164 valence electrons. The van der Waals surface area contributed by atoms with E-state index in [4.69, 9.17) is 10.5 Å². The molecule has 0 saturated carbocycles. The molecule has 0 atom stereocenters. The molecule has 1 saturated heterocycles. The molecule has 3 rings (SSSR count). The maximum atomic E-state index is 13.2. The van der Waals surface area contributed by atoms with E-state index in [1.54, 1.807) is 0 Å². The molecule has 0 spiro atoms. The number of nitrogen functional groups attached to an aromatic ring is 1. The fraction of sp³-hybridized carbons (Fsp3) is 0.682. The number of rotatable bonds is 10. The Hall–Kier alpha value is -2.27. The molecule has 0 radical (unpaired) electrons. The molecule has 0 amide bonds. The molecule has 1 aliphatic carbocycles. The molecule has 2 N–H and O–H groups in total. The van der Waals surface area contributed by atoms with Crippen molar-refractivity contribution in [1.29, 1.82) is 5.26 Å². The van der Waals surface area contributed by atoms with Crippen LogP contribution in [0.4, 0.5) is 14.6 Å². The number of anilines is 1. The number of nitrogens with zero attached hydrogens (tertiary/aromatic N) is 4. The third kappa shape index (κ3) is 5.66. The van der Waals surface area contributed by atoms with Crippen LogP contribution in [0.3, 0.4) is 0 Å². The highest BCUT2D eigenvalue weighted by atomic mass is 19.3. The average Bonchev–Trinajstić information content (AvgIpc) is 3.07. The van der Waals surface area contributed by atoms with Gasteiger partial charge in [0.15, 0.2) is 0 Å². The number of hydrogen-bond acceptors (Lipinski definition) is 6. The summed E-state index contributed by atoms with van der Waals surface area (Å²) in [5.74, 6) is -2.11. The second-order valence-electron chi connectivity index (χ2n) is 8.17. The van der Waals surface area contributed by atoms with Crippen LogP contribution in [-0.2, 0) is 6.42 Å². The van der Waals surface area contributed by atoms with Gasteiger partial charge < -0.3 is 15.4 Å². The smallest absolute Gasteiger partial charge is 0.318 e. The predicted molar refractivity (Wildman–Crippen MR) is 112 cm³/mol. The molecule has 8 heteroatoms. The van der Waals surface area contributed by atoms with E-state index < -0.39 is 5.92 Å². The van der Waals surface area contributed by atoms with Crippen molar-refractivity contribution in [1.82, 2.24) is 14.9 Å². The minimum Gasteiger partial charge on any atom is -0.463 e. The fourth-order valence-electron chi connectivity index (χ4n) is 4.00. The molecule has 0 unspecified atom stereocenters. The molecule has 1 fully saturated rings. The van der Waals surface area contributed by atoms with Crippen molar-refractivity contribution in [2.24, 2.45) is 0 Å². The van der Waals surface area contributed by atoms with Gasteiger partial charge in [0.25, 0.3) is 5.92 Å². The van der Waals surface area contributed by atoms with Crippen molar-refractivity contribution in [2.75, 3.05) is 32.0 Å². The van der Waals surface area contributed by atoms with Gasteiger partial charge in [-0.1, -0.05) is 19.8 Å². The summed E-state index contributed by atoms with van der Waals surface area (Å²) >= 11 is 0. The Morgan fingerprint density at radius 3 is 2.63 bits per heavy atom. The van der Waals surface area contributed by atoms with Crippen molar-refractivity contribution >= 4 is 11.4 Å². The highest BCUT2D eigenvalue weighted by Crippen LogP contribution is 2.38. The van der Waals surface area contributed by atoms with Gasteiger partial charge in [-0.15, -0.1) is 0 Å². The zero-order chi connectivity index (χ0) is 21.6. The summed E-state index contributed by atoms with van der Waals surface area (Å²) in [4.78, 5) is 10.9. The normalized spacial score (nSPS) is 18.3. The monoisotopic (exact) mass is 419 g/mol. The van der Waals surface area contributed by atoms with Crippen molar-refractivity contribution in [3.05, 3.63) is 16.8 Å². The van der Waals surface area contributed by atoms with Gasteiger partial charge in [0, 0.05) is 43.5 Å². The molecule has 0 aromatic carbocycles. The number of nitrogens with two attached hydrogens (primary N) is 1. The van der Waals surface area contributed by atoms with Crippen LogP contribution in [-0.4, -0.2) is 47.0 Å². The Labute approximate surface area is 177 Å². The van der Waals surface area contributed by atoms with Crippen LogP contribution in [0.1, 0.15) is 69.5 Å². The quantitative estimate of drug-likeness (QED) is 0.567. The lowest BCUT2D eigenvalue weighted by Gasteiger charge is -2.31. The zero-order valence-electron chi connectivity index (χ0n) is 17.7. The molecule has 1 aromatic rings. The number of allylic oxidation sites excluding steroid dienone is 2. The number of unbranched alkanes of at least 4 members (excludes halogenated alkanes) is 3. The third-order valence-corrected chi connectivity index (χ3v) is 5.87. The molecule has 0 bridgehead atoms. The SMILES string of the molecule is CCCCOc1nc(N)c2c(n1)C(CCCCCN1CCC(F)(F)CC1)=C(C#N)C2. The van der Waals surface area contributed by atoms with E-state index in [-0.39, 0.29) is 18.9 Å². The minimum atomic E-state index is -2.49. The van der Waals surface area contributed by atoms with Gasteiger partial charge in [0.1, 0.15) is 5.82 Å². The summed E-state index contributed by atoms with van der Waals surface area (Å²) in [5.41, 5.74) is 9.33. The summed E-state index contributed by atoms with van der Waals surface area (Å²) in [6, 6.07) is 2.57. The number of piperidine rings is 1. The minimum absolute atomic E-state index is 0.0357. The van der Waals surface area contributed by atoms with Crippen molar-refractivity contribution in [3.8, 4) is 12.1 Å². The van der Waals surface area contributed by atoms with Gasteiger partial charge in [0.05, 0.1) is 18.4 Å². The first-order valence-electron chi connectivity index (χ1n) is 11.0. The van der Waals surface area contributed by atoms with E-state index in [0.29, 0.717) is 37.5 Å². The Balaban J connectivity index is 1.53. The van der Waals surface area contributed by atoms with Crippen LogP contribution in [0.15, 0.2) is 5.57 Å². The lowest BCUT2D eigenvalue weighted by molar-refractivity contribution is -0.0552. The maximum Gasteiger partial charge on any atom is 0.318 e. The maximum absolute atomic E-state index is 13.2. The van der Waals surface area contributed by atoms with Gasteiger partial charge in [-0.25, -0.2) is 8.78 Å². The Kier molecular flexibility index (Phi) is 7.59. The first kappa shape index (κ1) is 22.4. The van der Waals surface area contributed by atoms with E-state index >= 15 is 0 Å². The van der Waals surface area contributed by atoms with E-state index in [0.717, 1.165) is 61.9 Å². The van der Waals surface area contributed by atoms with Gasteiger partial charge in [-0.05, 0) is 37.8 Å². The van der Waals surface area contributed by atoms with Crippen LogP contribution in [0.25, 0.3) is 5.57 Å². The van der Waals surface area contributed by atoms with Gasteiger partial charge in [-0.3, -0.25) is 0 Å². The summed E-state index contributed by atoms with van der Waals surface area (Å²) in [7, 11) is 0. The topological polar surface area (TPSA) is 88.1 Å². The number of hydrogen-bond donors (Lipinski definition) is 1. The van der Waals surface area contributed by atoms with Crippen molar-refractivity contribution < 1.29 is 13.5 Å². The second kappa shape index (κ2) is 10.2. The third-order valence-electron chi connectivity index (χ3n) is 5.87. The first-order valence-corrected chi connectivity index (χ1v) is 11.0. The van der Waals surface area contributed by atoms with E-state index in [9.17, 15) is 14.0 Å². The van der Waals surface area contributed by atoms with Gasteiger partial charge >= 0.3 is 6.01 Å². The standard InChI is InChI=1S/C22H31F2N5O/c1-2-3-13-30-21-27-19-17(16(15-25)14-18(19)20(26)28-21)7-5-4-6-10-29-11-8-22(23,24)9-12-29/h2-14H2,1H3,(H2,26,27,28). The van der Waals surface area contributed by atoms with Crippen molar-refractivity contribution in [2.45, 2.75) is 70.6 Å². The van der Waals surface area contributed by atoms with Crippen LogP contribution in [0.5, 0.6) is 6.01 Å². The van der Waals surface area contributed by atoms with E-state index in [2.05, 4.69) is 27.9 Å². The van der Waals surface area contributed by atoms with Crippen LogP contribution in [0, 0.1) is 11.3 Å². The number of ether oxygens (including phenoxy) is 1. The Morgan fingerprint density at radius 1 is 1.17 bits per heavy atom. The number of fused-ring (bicyclic) bond motifs is 1. The number of nitriles is 1.